The van der Waals surface area contributed by atoms with E-state index in [0.717, 1.165) is 25.4 Å². The number of ether oxygens (including phenoxy) is 1. The summed E-state index contributed by atoms with van der Waals surface area (Å²) in [4.78, 5) is 4.40. The fourth-order valence-corrected chi connectivity index (χ4v) is 2.28. The van der Waals surface area contributed by atoms with Crippen LogP contribution in [0.3, 0.4) is 0 Å². The average Bonchev–Trinajstić information content (AvgIpc) is 2.89. The Bertz CT molecular complexity index is 501. The number of rotatable bonds is 3. The van der Waals surface area contributed by atoms with Gasteiger partial charge in [0.2, 0.25) is 0 Å². The minimum Gasteiger partial charge on any atom is -0.376 e. The number of aromatic nitrogens is 1. The smallest absolute Gasteiger partial charge is 0.133 e. The first kappa shape index (κ1) is 10.5. The van der Waals surface area contributed by atoms with E-state index in [4.69, 9.17) is 4.74 Å². The minimum absolute atomic E-state index is 0.343. The Morgan fingerprint density at radius 3 is 3.12 bits per heavy atom. The molecular formula is C14H16N2O. The standard InChI is InChI=1S/C14H16N2O/c1-2-6-13-11(4-1)7-8-15-14(13)16-10-12-5-3-9-17-12/h1-2,4,6-8,12H,3,5,9-10H2,(H,15,16)/t12-/m1/s1. The Morgan fingerprint density at radius 1 is 1.29 bits per heavy atom. The Labute approximate surface area is 101 Å². The lowest BCUT2D eigenvalue weighted by molar-refractivity contribution is 0.120. The largest absolute Gasteiger partial charge is 0.376 e. The maximum atomic E-state index is 5.60. The molecule has 0 amide bonds. The van der Waals surface area contributed by atoms with Gasteiger partial charge in [0.1, 0.15) is 5.82 Å². The summed E-state index contributed by atoms with van der Waals surface area (Å²) in [6, 6.07) is 10.3. The third-order valence-corrected chi connectivity index (χ3v) is 3.19. The third-order valence-electron chi connectivity index (χ3n) is 3.19. The second-order valence-electron chi connectivity index (χ2n) is 4.40. The van der Waals surface area contributed by atoms with Gasteiger partial charge in [-0.25, -0.2) is 4.98 Å². The molecule has 3 heteroatoms. The van der Waals surface area contributed by atoms with Gasteiger partial charge in [-0.05, 0) is 24.3 Å². The number of hydrogen-bond acceptors (Lipinski definition) is 3. The molecule has 3 nitrogen and oxygen atoms in total. The number of fused-ring (bicyclic) bond motifs is 1. The van der Waals surface area contributed by atoms with Crippen LogP contribution >= 0.6 is 0 Å². The summed E-state index contributed by atoms with van der Waals surface area (Å²) >= 11 is 0. The van der Waals surface area contributed by atoms with Gasteiger partial charge in [0.25, 0.3) is 0 Å². The molecule has 1 fully saturated rings. The van der Waals surface area contributed by atoms with Crippen molar-refractivity contribution < 1.29 is 4.74 Å². The Hall–Kier alpha value is -1.61. The van der Waals surface area contributed by atoms with Crippen molar-refractivity contribution in [3.63, 3.8) is 0 Å². The van der Waals surface area contributed by atoms with Crippen LogP contribution in [0, 0.1) is 0 Å². The van der Waals surface area contributed by atoms with Crippen molar-refractivity contribution in [3.8, 4) is 0 Å². The Balaban J connectivity index is 1.79. The fourth-order valence-electron chi connectivity index (χ4n) is 2.28. The van der Waals surface area contributed by atoms with Crippen LogP contribution in [0.4, 0.5) is 5.82 Å². The van der Waals surface area contributed by atoms with Gasteiger partial charge in [0.05, 0.1) is 6.10 Å². The predicted molar refractivity (Wildman–Crippen MR) is 69.2 cm³/mol. The number of hydrogen-bond donors (Lipinski definition) is 1. The van der Waals surface area contributed by atoms with E-state index >= 15 is 0 Å². The number of anilines is 1. The summed E-state index contributed by atoms with van der Waals surface area (Å²) in [6.07, 6.45) is 4.52. The molecular weight excluding hydrogens is 212 g/mol. The summed E-state index contributed by atoms with van der Waals surface area (Å²) in [6.45, 7) is 1.75. The maximum absolute atomic E-state index is 5.60. The molecule has 88 valence electrons. The van der Waals surface area contributed by atoms with E-state index in [-0.39, 0.29) is 0 Å². The normalized spacial score (nSPS) is 19.6. The molecule has 0 aliphatic carbocycles. The highest BCUT2D eigenvalue weighted by atomic mass is 16.5. The predicted octanol–water partition coefficient (Wildman–Crippen LogP) is 2.83. The van der Waals surface area contributed by atoms with Crippen LogP contribution in [-0.4, -0.2) is 24.2 Å². The summed E-state index contributed by atoms with van der Waals surface area (Å²) < 4.78 is 5.60. The van der Waals surface area contributed by atoms with Gasteiger partial charge in [-0.15, -0.1) is 0 Å². The van der Waals surface area contributed by atoms with Gasteiger partial charge >= 0.3 is 0 Å². The second-order valence-corrected chi connectivity index (χ2v) is 4.40. The minimum atomic E-state index is 0.343. The number of benzene rings is 1. The van der Waals surface area contributed by atoms with E-state index in [1.54, 1.807) is 0 Å². The maximum Gasteiger partial charge on any atom is 0.133 e. The van der Waals surface area contributed by atoms with E-state index in [1.165, 1.54) is 17.2 Å². The van der Waals surface area contributed by atoms with E-state index in [1.807, 2.05) is 24.4 Å². The topological polar surface area (TPSA) is 34.1 Å². The highest BCUT2D eigenvalue weighted by Crippen LogP contribution is 2.21. The van der Waals surface area contributed by atoms with Crippen molar-refractivity contribution in [2.75, 3.05) is 18.5 Å². The van der Waals surface area contributed by atoms with Crippen LogP contribution in [0.25, 0.3) is 10.8 Å². The Kier molecular flexibility index (Phi) is 2.92. The molecule has 0 saturated carbocycles. The number of nitrogens with zero attached hydrogens (tertiary/aromatic N) is 1. The molecule has 1 aliphatic rings. The van der Waals surface area contributed by atoms with Crippen LogP contribution in [-0.2, 0) is 4.74 Å². The lowest BCUT2D eigenvalue weighted by atomic mass is 10.1. The molecule has 1 N–H and O–H groups in total. The van der Waals surface area contributed by atoms with E-state index in [0.29, 0.717) is 6.10 Å². The van der Waals surface area contributed by atoms with E-state index in [9.17, 15) is 0 Å². The van der Waals surface area contributed by atoms with Crippen molar-refractivity contribution >= 4 is 16.6 Å². The molecule has 0 spiro atoms. The molecule has 0 radical (unpaired) electrons. The van der Waals surface area contributed by atoms with Gasteiger partial charge in [-0.2, -0.15) is 0 Å². The fraction of sp³-hybridized carbons (Fsp3) is 0.357. The molecule has 0 unspecified atom stereocenters. The molecule has 1 aliphatic heterocycles. The molecule has 2 aromatic rings. The van der Waals surface area contributed by atoms with Gasteiger partial charge in [0, 0.05) is 24.7 Å². The van der Waals surface area contributed by atoms with E-state index < -0.39 is 0 Å². The Morgan fingerprint density at radius 2 is 2.24 bits per heavy atom. The van der Waals surface area contributed by atoms with Crippen molar-refractivity contribution in [2.45, 2.75) is 18.9 Å². The van der Waals surface area contributed by atoms with Gasteiger partial charge in [-0.3, -0.25) is 0 Å². The van der Waals surface area contributed by atoms with Crippen molar-refractivity contribution in [2.24, 2.45) is 0 Å². The molecule has 0 bridgehead atoms. The third kappa shape index (κ3) is 2.24. The monoisotopic (exact) mass is 228 g/mol. The molecule has 1 atom stereocenters. The van der Waals surface area contributed by atoms with Gasteiger partial charge < -0.3 is 10.1 Å². The number of pyridine rings is 1. The lowest BCUT2D eigenvalue weighted by Gasteiger charge is -2.12. The summed E-state index contributed by atoms with van der Waals surface area (Å²) in [5.41, 5.74) is 0. The van der Waals surface area contributed by atoms with Crippen LogP contribution in [0.5, 0.6) is 0 Å². The molecule has 1 aromatic heterocycles. The van der Waals surface area contributed by atoms with Crippen LogP contribution in [0.1, 0.15) is 12.8 Å². The molecule has 2 heterocycles. The molecule has 3 rings (SSSR count). The van der Waals surface area contributed by atoms with E-state index in [2.05, 4.69) is 22.4 Å². The van der Waals surface area contributed by atoms with Crippen LogP contribution < -0.4 is 5.32 Å². The first-order chi connectivity index (χ1) is 8.43. The second kappa shape index (κ2) is 4.72. The zero-order valence-corrected chi connectivity index (χ0v) is 9.73. The highest BCUT2D eigenvalue weighted by molar-refractivity contribution is 5.91. The molecule has 1 saturated heterocycles. The van der Waals surface area contributed by atoms with Crippen molar-refractivity contribution in [1.29, 1.82) is 0 Å². The van der Waals surface area contributed by atoms with Crippen molar-refractivity contribution in [1.82, 2.24) is 4.98 Å². The zero-order chi connectivity index (χ0) is 11.5. The quantitative estimate of drug-likeness (QED) is 0.877. The lowest BCUT2D eigenvalue weighted by Crippen LogP contribution is -2.19. The SMILES string of the molecule is c1ccc2c(NC[C@H]3CCCO3)nccc2c1. The van der Waals surface area contributed by atoms with Crippen molar-refractivity contribution in [3.05, 3.63) is 36.5 Å². The summed E-state index contributed by atoms with van der Waals surface area (Å²) in [7, 11) is 0. The first-order valence-electron chi connectivity index (χ1n) is 6.13. The molecule has 1 aromatic carbocycles. The summed E-state index contributed by atoms with van der Waals surface area (Å²) in [5, 5.41) is 5.79. The summed E-state index contributed by atoms with van der Waals surface area (Å²) in [5.74, 6) is 0.957. The van der Waals surface area contributed by atoms with Gasteiger partial charge in [-0.1, -0.05) is 24.3 Å². The first-order valence-corrected chi connectivity index (χ1v) is 6.13. The zero-order valence-electron chi connectivity index (χ0n) is 9.73. The molecule has 17 heavy (non-hydrogen) atoms. The van der Waals surface area contributed by atoms with Gasteiger partial charge in [0.15, 0.2) is 0 Å². The van der Waals surface area contributed by atoms with Crippen LogP contribution in [0.2, 0.25) is 0 Å². The average molecular weight is 228 g/mol. The van der Waals surface area contributed by atoms with Crippen LogP contribution in [0.15, 0.2) is 36.5 Å². The highest BCUT2D eigenvalue weighted by Gasteiger charge is 2.15. The number of nitrogens with one attached hydrogen (secondary N) is 1.